The number of hydrogen-bond donors (Lipinski definition) is 1. The van der Waals surface area contributed by atoms with Gasteiger partial charge in [0.05, 0.1) is 23.8 Å². The van der Waals surface area contributed by atoms with Gasteiger partial charge >= 0.3 is 0 Å². The number of amides is 1. The van der Waals surface area contributed by atoms with Crippen molar-refractivity contribution in [3.8, 4) is 11.8 Å². The van der Waals surface area contributed by atoms with E-state index < -0.39 is 10.8 Å². The van der Waals surface area contributed by atoms with Crippen molar-refractivity contribution in [1.29, 1.82) is 5.26 Å². The van der Waals surface area contributed by atoms with E-state index in [-0.39, 0.29) is 33.5 Å². The van der Waals surface area contributed by atoms with Gasteiger partial charge in [0, 0.05) is 24.9 Å². The molecule has 29 heavy (non-hydrogen) atoms. The number of nitrogens with one attached hydrogen (secondary N) is 1. The van der Waals surface area contributed by atoms with Gasteiger partial charge in [0.1, 0.15) is 17.4 Å². The summed E-state index contributed by atoms with van der Waals surface area (Å²) in [5.41, 5.74) is 0.552. The van der Waals surface area contributed by atoms with Crippen LogP contribution in [0.15, 0.2) is 30.0 Å². The second-order valence-electron chi connectivity index (χ2n) is 9.14. The molecule has 2 aliphatic rings. The molecule has 1 heterocycles. The number of ether oxygens (including phenoxy) is 1. The lowest BCUT2D eigenvalue weighted by molar-refractivity contribution is -0.384. The number of benzene rings is 1. The average Bonchev–Trinajstić information content (AvgIpc) is 2.87. The molecule has 154 valence electrons. The summed E-state index contributed by atoms with van der Waals surface area (Å²) in [6.45, 7) is 7.62. The highest BCUT2D eigenvalue weighted by Gasteiger charge is 2.48. The minimum absolute atomic E-state index is 0.000591. The van der Waals surface area contributed by atoms with Crippen LogP contribution in [0.3, 0.4) is 0 Å². The Hall–Kier alpha value is -3.08. The molecule has 1 N–H and O–H groups in total. The van der Waals surface area contributed by atoms with E-state index in [4.69, 9.17) is 4.74 Å². The van der Waals surface area contributed by atoms with E-state index in [1.54, 1.807) is 6.20 Å². The molecule has 0 spiro atoms. The van der Waals surface area contributed by atoms with Crippen molar-refractivity contribution < 1.29 is 14.5 Å². The van der Waals surface area contributed by atoms with E-state index in [0.29, 0.717) is 6.04 Å². The summed E-state index contributed by atoms with van der Waals surface area (Å²) in [4.78, 5) is 25.2. The summed E-state index contributed by atoms with van der Waals surface area (Å²) in [6, 6.07) is 6.21. The van der Waals surface area contributed by atoms with Crippen LogP contribution in [0.2, 0.25) is 0 Å². The zero-order chi connectivity index (χ0) is 21.4. The largest absolute Gasteiger partial charge is 0.494 e. The number of anilines is 1. The molecular weight excluding hydrogens is 372 g/mol. The van der Waals surface area contributed by atoms with Crippen molar-refractivity contribution in [2.24, 2.45) is 10.8 Å². The minimum Gasteiger partial charge on any atom is -0.494 e. The van der Waals surface area contributed by atoms with Gasteiger partial charge in [-0.2, -0.15) is 5.26 Å². The molecule has 2 unspecified atom stereocenters. The SMILES string of the molecule is COc1cc([N+](=O)[O-])ccc1NC(=O)/C(C#N)=C\N1CC2(C)CC1CC(C)(C)C2. The maximum atomic E-state index is 12.7. The highest BCUT2D eigenvalue weighted by Crippen LogP contribution is 2.52. The molecule has 8 nitrogen and oxygen atoms in total. The number of hydrogen-bond acceptors (Lipinski definition) is 6. The van der Waals surface area contributed by atoms with Gasteiger partial charge in [0.15, 0.2) is 0 Å². The first-order valence-corrected chi connectivity index (χ1v) is 9.57. The monoisotopic (exact) mass is 398 g/mol. The van der Waals surface area contributed by atoms with Crippen molar-refractivity contribution in [2.45, 2.75) is 46.1 Å². The Morgan fingerprint density at radius 3 is 2.76 bits per heavy atom. The topological polar surface area (TPSA) is 108 Å². The second-order valence-corrected chi connectivity index (χ2v) is 9.14. The van der Waals surface area contributed by atoms with Crippen LogP contribution in [0, 0.1) is 32.3 Å². The number of methoxy groups -OCH3 is 1. The van der Waals surface area contributed by atoms with Crippen LogP contribution in [0.5, 0.6) is 5.75 Å². The van der Waals surface area contributed by atoms with E-state index in [0.717, 1.165) is 25.8 Å². The molecule has 2 bridgehead atoms. The Kier molecular flexibility index (Phi) is 5.26. The maximum absolute atomic E-state index is 12.7. The summed E-state index contributed by atoms with van der Waals surface area (Å²) >= 11 is 0. The van der Waals surface area contributed by atoms with E-state index in [9.17, 15) is 20.2 Å². The molecule has 1 aliphatic heterocycles. The Morgan fingerprint density at radius 1 is 1.41 bits per heavy atom. The number of likely N-dealkylation sites (tertiary alicyclic amines) is 1. The Labute approximate surface area is 170 Å². The van der Waals surface area contributed by atoms with Crippen molar-refractivity contribution in [3.63, 3.8) is 0 Å². The van der Waals surface area contributed by atoms with Crippen molar-refractivity contribution in [3.05, 3.63) is 40.1 Å². The Morgan fingerprint density at radius 2 is 2.14 bits per heavy atom. The number of rotatable bonds is 5. The van der Waals surface area contributed by atoms with Crippen molar-refractivity contribution >= 4 is 17.3 Å². The van der Waals surface area contributed by atoms with Crippen LogP contribution in [0.4, 0.5) is 11.4 Å². The summed E-state index contributed by atoms with van der Waals surface area (Å²) in [5.74, 6) is -0.401. The predicted molar refractivity (Wildman–Crippen MR) is 108 cm³/mol. The molecule has 3 rings (SSSR count). The maximum Gasteiger partial charge on any atom is 0.273 e. The zero-order valence-electron chi connectivity index (χ0n) is 17.2. The van der Waals surface area contributed by atoms with Crippen molar-refractivity contribution in [2.75, 3.05) is 19.0 Å². The first-order valence-electron chi connectivity index (χ1n) is 9.57. The Balaban J connectivity index is 1.80. The van der Waals surface area contributed by atoms with Crippen LogP contribution < -0.4 is 10.1 Å². The normalized spacial score (nSPS) is 25.3. The van der Waals surface area contributed by atoms with Crippen LogP contribution in [0.25, 0.3) is 0 Å². The number of non-ortho nitro benzene ring substituents is 1. The number of nitriles is 1. The average molecular weight is 398 g/mol. The smallest absolute Gasteiger partial charge is 0.273 e. The summed E-state index contributed by atoms with van der Waals surface area (Å²) in [6.07, 6.45) is 4.86. The van der Waals surface area contributed by atoms with Gasteiger partial charge in [0.25, 0.3) is 11.6 Å². The van der Waals surface area contributed by atoms with Crippen LogP contribution in [-0.2, 0) is 4.79 Å². The molecule has 2 fully saturated rings. The third kappa shape index (κ3) is 4.34. The quantitative estimate of drug-likeness (QED) is 0.349. The molecule has 1 saturated heterocycles. The molecule has 1 aliphatic carbocycles. The number of fused-ring (bicyclic) bond motifs is 2. The van der Waals surface area contributed by atoms with Gasteiger partial charge in [-0.3, -0.25) is 14.9 Å². The second kappa shape index (κ2) is 7.39. The molecule has 1 amide bonds. The van der Waals surface area contributed by atoms with E-state index in [2.05, 4.69) is 31.0 Å². The van der Waals surface area contributed by atoms with Gasteiger partial charge in [-0.1, -0.05) is 20.8 Å². The van der Waals surface area contributed by atoms with Crippen LogP contribution in [-0.4, -0.2) is 35.4 Å². The van der Waals surface area contributed by atoms with E-state index >= 15 is 0 Å². The Bertz CT molecular complexity index is 918. The first kappa shape index (κ1) is 20.6. The van der Waals surface area contributed by atoms with Gasteiger partial charge in [-0.25, -0.2) is 0 Å². The highest BCUT2D eigenvalue weighted by molar-refractivity contribution is 6.07. The molecule has 0 aromatic heterocycles. The van der Waals surface area contributed by atoms with Crippen molar-refractivity contribution in [1.82, 2.24) is 4.90 Å². The lowest BCUT2D eigenvalue weighted by Crippen LogP contribution is -2.33. The third-order valence-electron chi connectivity index (χ3n) is 5.76. The van der Waals surface area contributed by atoms with E-state index in [1.807, 2.05) is 6.07 Å². The fourth-order valence-electron chi connectivity index (χ4n) is 5.04. The molecule has 1 aromatic rings. The molecular formula is C21H26N4O4. The zero-order valence-corrected chi connectivity index (χ0v) is 17.2. The number of nitro benzene ring substituents is 1. The number of nitrogens with zero attached hydrogens (tertiary/aromatic N) is 3. The molecule has 1 aromatic carbocycles. The highest BCUT2D eigenvalue weighted by atomic mass is 16.6. The van der Waals surface area contributed by atoms with Gasteiger partial charge in [-0.05, 0) is 36.2 Å². The summed E-state index contributed by atoms with van der Waals surface area (Å²) < 4.78 is 5.14. The predicted octanol–water partition coefficient (Wildman–Crippen LogP) is 3.85. The lowest BCUT2D eigenvalue weighted by Gasteiger charge is -2.39. The number of carbonyl (C=O) groups is 1. The number of carbonyl (C=O) groups excluding carboxylic acids is 1. The molecule has 1 saturated carbocycles. The fraction of sp³-hybridized carbons (Fsp3) is 0.524. The van der Waals surface area contributed by atoms with Gasteiger partial charge in [-0.15, -0.1) is 0 Å². The van der Waals surface area contributed by atoms with Gasteiger partial charge in [0.2, 0.25) is 0 Å². The summed E-state index contributed by atoms with van der Waals surface area (Å²) in [5, 5.41) is 23.1. The lowest BCUT2D eigenvalue weighted by atomic mass is 9.65. The van der Waals surface area contributed by atoms with Crippen LogP contribution >= 0.6 is 0 Å². The third-order valence-corrected chi connectivity index (χ3v) is 5.76. The summed E-state index contributed by atoms with van der Waals surface area (Å²) in [7, 11) is 1.36. The number of nitro groups is 1. The fourth-order valence-corrected chi connectivity index (χ4v) is 5.04. The molecule has 0 radical (unpaired) electrons. The first-order chi connectivity index (χ1) is 13.6. The van der Waals surface area contributed by atoms with Crippen LogP contribution in [0.1, 0.15) is 40.0 Å². The van der Waals surface area contributed by atoms with E-state index in [1.165, 1.54) is 25.3 Å². The van der Waals surface area contributed by atoms with Gasteiger partial charge < -0.3 is 15.0 Å². The molecule has 8 heteroatoms. The minimum atomic E-state index is -0.564. The molecule has 2 atom stereocenters. The standard InChI is InChI=1S/C21H26N4O4/c1-20(2)8-16-9-21(3,12-20)13-24(16)11-14(10-22)19(26)23-17-6-5-15(25(27)28)7-18(17)29-4/h5-7,11,16H,8-9,12-13H2,1-4H3,(H,23,26)/b14-11-.